The fraction of sp³-hybridized carbons (Fsp3) is 0.635. The highest BCUT2D eigenvalue weighted by Gasteiger charge is 2.19. The number of rotatable bonds is 49. The van der Waals surface area contributed by atoms with E-state index in [9.17, 15) is 14.4 Å². The van der Waals surface area contributed by atoms with Crippen molar-refractivity contribution in [1.29, 1.82) is 0 Å². The smallest absolute Gasteiger partial charge is 0.306 e. The lowest BCUT2D eigenvalue weighted by Gasteiger charge is -2.18. The summed E-state index contributed by atoms with van der Waals surface area (Å²) in [5, 5.41) is 0. The molecule has 0 saturated heterocycles. The topological polar surface area (TPSA) is 78.9 Å². The molecule has 0 fully saturated rings. The summed E-state index contributed by atoms with van der Waals surface area (Å²) >= 11 is 0. The molecule has 0 N–H and O–H groups in total. The van der Waals surface area contributed by atoms with E-state index in [0.717, 1.165) is 135 Å². The fourth-order valence-corrected chi connectivity index (χ4v) is 7.34. The highest BCUT2D eigenvalue weighted by atomic mass is 16.6. The molecule has 0 heterocycles. The molecule has 1 unspecified atom stereocenters. The Morgan fingerprint density at radius 3 is 1.10 bits per heavy atom. The number of carbonyl (C=O) groups excluding carboxylic acids is 3. The summed E-state index contributed by atoms with van der Waals surface area (Å²) in [6.07, 6.45) is 77.5. The van der Waals surface area contributed by atoms with Gasteiger partial charge in [0.2, 0.25) is 0 Å². The van der Waals surface area contributed by atoms with Crippen molar-refractivity contribution in [3.63, 3.8) is 0 Å². The number of allylic oxidation sites excluding steroid dienone is 20. The van der Waals surface area contributed by atoms with Crippen molar-refractivity contribution in [2.45, 2.75) is 245 Å². The van der Waals surface area contributed by atoms with Crippen LogP contribution >= 0.6 is 0 Å². The van der Waals surface area contributed by atoms with Gasteiger partial charge in [-0.1, -0.05) is 239 Å². The highest BCUT2D eigenvalue weighted by molar-refractivity contribution is 5.71. The van der Waals surface area contributed by atoms with Gasteiger partial charge in [0, 0.05) is 19.3 Å². The Labute approximate surface area is 424 Å². The largest absolute Gasteiger partial charge is 0.462 e. The predicted octanol–water partition coefficient (Wildman–Crippen LogP) is 18.9. The first-order chi connectivity index (χ1) is 34.0. The van der Waals surface area contributed by atoms with Gasteiger partial charge in [0.25, 0.3) is 0 Å². The second-order valence-corrected chi connectivity index (χ2v) is 18.2. The van der Waals surface area contributed by atoms with E-state index in [1.807, 2.05) is 24.3 Å². The maximum atomic E-state index is 12.8. The Morgan fingerprint density at radius 2 is 0.652 bits per heavy atom. The first-order valence-electron chi connectivity index (χ1n) is 28.1. The third kappa shape index (κ3) is 54.6. The summed E-state index contributed by atoms with van der Waals surface area (Å²) in [5.41, 5.74) is 0. The third-order valence-corrected chi connectivity index (χ3v) is 11.5. The zero-order valence-corrected chi connectivity index (χ0v) is 44.5. The minimum absolute atomic E-state index is 0.104. The van der Waals surface area contributed by atoms with Gasteiger partial charge in [0.05, 0.1) is 0 Å². The van der Waals surface area contributed by atoms with Gasteiger partial charge in [-0.3, -0.25) is 14.4 Å². The molecule has 0 spiro atoms. The van der Waals surface area contributed by atoms with Crippen LogP contribution in [-0.4, -0.2) is 37.2 Å². The van der Waals surface area contributed by atoms with Crippen molar-refractivity contribution in [1.82, 2.24) is 0 Å². The molecule has 0 aliphatic rings. The lowest BCUT2D eigenvalue weighted by Crippen LogP contribution is -2.30. The maximum absolute atomic E-state index is 12.8. The average Bonchev–Trinajstić information content (AvgIpc) is 3.35. The molecule has 0 radical (unpaired) electrons. The first kappa shape index (κ1) is 64.8. The molecular formula is C63H102O6. The predicted molar refractivity (Wildman–Crippen MR) is 297 cm³/mol. The zero-order chi connectivity index (χ0) is 50.0. The third-order valence-electron chi connectivity index (χ3n) is 11.5. The standard InChI is InChI=1S/C63H102O6/c1-4-7-10-13-16-19-22-25-28-30-32-34-35-38-41-44-47-50-53-56-62(65)68-59-60(58-67-61(64)55-52-49-46-43-40-37-27-24-21-18-15-12-9-6-3)69-63(66)57-54-51-48-45-42-39-36-33-31-29-26-23-20-17-14-11-8-5-2/h7,10-11,14,16-17,19-20,23,25-26,28-29,31-34,36-37,40,60H,4-6,8-9,12-13,15,18,21-22,24,27,30,35,38-39,41-59H2,1-3H3/b10-7-,14-11-,19-16-,20-17-,26-23-,28-25-,31-29-,34-32-,36-33-,40-37-. The second kappa shape index (κ2) is 56.4. The quantitative estimate of drug-likeness (QED) is 0.0199. The number of hydrogen-bond donors (Lipinski definition) is 0. The lowest BCUT2D eigenvalue weighted by molar-refractivity contribution is -0.167. The lowest BCUT2D eigenvalue weighted by atomic mass is 10.1. The van der Waals surface area contributed by atoms with Gasteiger partial charge in [-0.15, -0.1) is 0 Å². The maximum Gasteiger partial charge on any atom is 0.306 e. The molecule has 1 atom stereocenters. The molecule has 0 aromatic carbocycles. The molecule has 390 valence electrons. The summed E-state index contributed by atoms with van der Waals surface area (Å²) in [5.74, 6) is -0.960. The Hall–Kier alpha value is -4.19. The van der Waals surface area contributed by atoms with E-state index in [1.165, 1.54) is 64.2 Å². The summed E-state index contributed by atoms with van der Waals surface area (Å²) in [6.45, 7) is 6.38. The van der Waals surface area contributed by atoms with Crippen LogP contribution < -0.4 is 0 Å². The van der Waals surface area contributed by atoms with Crippen LogP contribution in [0.15, 0.2) is 122 Å². The normalized spacial score (nSPS) is 13.0. The Bertz CT molecular complexity index is 1470. The van der Waals surface area contributed by atoms with Gasteiger partial charge in [-0.25, -0.2) is 0 Å². The number of carbonyl (C=O) groups is 3. The molecule has 0 amide bonds. The van der Waals surface area contributed by atoms with Gasteiger partial charge >= 0.3 is 17.9 Å². The van der Waals surface area contributed by atoms with Gasteiger partial charge in [0.15, 0.2) is 6.10 Å². The van der Waals surface area contributed by atoms with Crippen LogP contribution in [0.5, 0.6) is 0 Å². The SMILES string of the molecule is CC/C=C\C/C=C\C/C=C\C/C=C\CCCCCCCCC(=O)OCC(COC(=O)CCCCC/C=C\CCCCCCCCC)OC(=O)CCCCCCC\C=C/C=C\C=C/C=C\C=C/CCC. The molecule has 0 aromatic rings. The molecule has 6 nitrogen and oxygen atoms in total. The molecule has 0 bridgehead atoms. The van der Waals surface area contributed by atoms with E-state index in [-0.39, 0.29) is 37.5 Å². The van der Waals surface area contributed by atoms with Crippen LogP contribution in [0.2, 0.25) is 0 Å². The van der Waals surface area contributed by atoms with Crippen molar-refractivity contribution in [3.8, 4) is 0 Å². The summed E-state index contributed by atoms with van der Waals surface area (Å²) in [7, 11) is 0. The van der Waals surface area contributed by atoms with E-state index in [4.69, 9.17) is 14.2 Å². The van der Waals surface area contributed by atoms with Gasteiger partial charge < -0.3 is 14.2 Å². The van der Waals surface area contributed by atoms with Crippen LogP contribution in [0, 0.1) is 0 Å². The van der Waals surface area contributed by atoms with E-state index in [1.54, 1.807) is 0 Å². The van der Waals surface area contributed by atoms with Gasteiger partial charge in [-0.05, 0) is 103 Å². The Kier molecular flexibility index (Phi) is 53.0. The number of unbranched alkanes of at least 4 members (excludes halogenated alkanes) is 22. The van der Waals surface area contributed by atoms with Crippen molar-refractivity contribution >= 4 is 17.9 Å². The van der Waals surface area contributed by atoms with Gasteiger partial charge in [0.1, 0.15) is 13.2 Å². The molecule has 0 aromatic heterocycles. The molecule has 6 heteroatoms. The molecule has 0 rings (SSSR count). The first-order valence-corrected chi connectivity index (χ1v) is 28.1. The van der Waals surface area contributed by atoms with Crippen LogP contribution in [0.25, 0.3) is 0 Å². The summed E-state index contributed by atoms with van der Waals surface area (Å²) < 4.78 is 16.8. The van der Waals surface area contributed by atoms with Crippen LogP contribution in [0.3, 0.4) is 0 Å². The molecule has 0 saturated carbocycles. The second-order valence-electron chi connectivity index (χ2n) is 18.2. The Morgan fingerprint density at radius 1 is 0.319 bits per heavy atom. The molecular weight excluding hydrogens is 853 g/mol. The average molecular weight is 956 g/mol. The molecule has 0 aliphatic heterocycles. The van der Waals surface area contributed by atoms with Crippen LogP contribution in [0.1, 0.15) is 239 Å². The van der Waals surface area contributed by atoms with Crippen LogP contribution in [0.4, 0.5) is 0 Å². The Balaban J connectivity index is 4.51. The highest BCUT2D eigenvalue weighted by Crippen LogP contribution is 2.14. The molecule has 69 heavy (non-hydrogen) atoms. The van der Waals surface area contributed by atoms with Crippen LogP contribution in [-0.2, 0) is 28.6 Å². The van der Waals surface area contributed by atoms with Crippen molar-refractivity contribution in [2.24, 2.45) is 0 Å². The number of ether oxygens (including phenoxy) is 3. The zero-order valence-electron chi connectivity index (χ0n) is 44.5. The minimum Gasteiger partial charge on any atom is -0.462 e. The van der Waals surface area contributed by atoms with E-state index in [0.29, 0.717) is 12.8 Å². The van der Waals surface area contributed by atoms with Crippen molar-refractivity contribution in [3.05, 3.63) is 122 Å². The number of esters is 3. The van der Waals surface area contributed by atoms with Crippen molar-refractivity contribution in [2.75, 3.05) is 13.2 Å². The van der Waals surface area contributed by atoms with E-state index >= 15 is 0 Å². The fourth-order valence-electron chi connectivity index (χ4n) is 7.34. The monoisotopic (exact) mass is 955 g/mol. The van der Waals surface area contributed by atoms with Crippen molar-refractivity contribution < 1.29 is 28.6 Å². The van der Waals surface area contributed by atoms with Gasteiger partial charge in [-0.2, -0.15) is 0 Å². The summed E-state index contributed by atoms with van der Waals surface area (Å²) in [6, 6.07) is 0. The van der Waals surface area contributed by atoms with E-state index in [2.05, 4.69) is 118 Å². The summed E-state index contributed by atoms with van der Waals surface area (Å²) in [4.78, 5) is 38.1. The number of hydrogen-bond acceptors (Lipinski definition) is 6. The van der Waals surface area contributed by atoms with E-state index < -0.39 is 6.10 Å². The minimum atomic E-state index is -0.808. The molecule has 0 aliphatic carbocycles.